The Bertz CT molecular complexity index is 1960. The molecular weight excluding hydrogens is 661 g/mol. The third-order valence-corrected chi connectivity index (χ3v) is 10.6. The van der Waals surface area contributed by atoms with Crippen LogP contribution in [0.2, 0.25) is 0 Å². The lowest BCUT2D eigenvalue weighted by Gasteiger charge is -2.41. The molecule has 0 aliphatic carbocycles. The molecule has 3 heterocycles. The summed E-state index contributed by atoms with van der Waals surface area (Å²) >= 11 is 2.99. The molecule has 2 aromatic heterocycles. The second kappa shape index (κ2) is 12.5. The summed E-state index contributed by atoms with van der Waals surface area (Å²) in [4.78, 5) is 15.3. The molecule has 0 bridgehead atoms. The quantitative estimate of drug-likeness (QED) is 0.159. The lowest BCUT2D eigenvalue weighted by Crippen LogP contribution is -2.59. The maximum absolute atomic E-state index is 14.1. The fourth-order valence-electron chi connectivity index (χ4n) is 5.37. The number of aliphatic hydroxyl groups is 1. The standard InChI is InChI=1S/C34H36N2O8S3/c1-33(2,3)44-32(38)35(19-26(37)22-14-15-27-25(18-22)36(16-17-41-27)47(5,39)40)34(4,42-28-20-45-30-12-8-6-10-23(28)30)43-29-21-46-31-13-9-7-11-24(29)31/h6-15,18,20-21,26,37H,16-17,19H2,1-5H3. The number of hydrogen-bond acceptors (Lipinski definition) is 10. The summed E-state index contributed by atoms with van der Waals surface area (Å²) in [7, 11) is -3.61. The van der Waals surface area contributed by atoms with Gasteiger partial charge in [-0.25, -0.2) is 18.1 Å². The molecule has 0 saturated carbocycles. The predicted octanol–water partition coefficient (Wildman–Crippen LogP) is 7.38. The monoisotopic (exact) mass is 696 g/mol. The lowest BCUT2D eigenvalue weighted by molar-refractivity contribution is -0.205. The maximum Gasteiger partial charge on any atom is 0.416 e. The van der Waals surface area contributed by atoms with E-state index in [1.165, 1.54) is 31.9 Å². The Labute approximate surface area is 281 Å². The Hall–Kier alpha value is -4.04. The number of carbonyl (C=O) groups is 1. The van der Waals surface area contributed by atoms with E-state index in [-0.39, 0.29) is 19.7 Å². The second-order valence-electron chi connectivity index (χ2n) is 12.3. The van der Waals surface area contributed by atoms with Crippen molar-refractivity contribution < 1.29 is 37.3 Å². The van der Waals surface area contributed by atoms with Crippen molar-refractivity contribution in [2.75, 3.05) is 30.3 Å². The summed E-state index contributed by atoms with van der Waals surface area (Å²) in [5.74, 6) is -0.463. The van der Waals surface area contributed by atoms with Gasteiger partial charge in [-0.05, 0) is 62.7 Å². The van der Waals surface area contributed by atoms with Crippen molar-refractivity contribution in [2.24, 2.45) is 0 Å². The molecule has 1 aliphatic rings. The van der Waals surface area contributed by atoms with Gasteiger partial charge in [0, 0.05) is 37.9 Å². The molecule has 1 aliphatic heterocycles. The first-order valence-electron chi connectivity index (χ1n) is 15.0. The average molecular weight is 697 g/mol. The molecule has 1 atom stereocenters. The molecular formula is C34H36N2O8S3. The lowest BCUT2D eigenvalue weighted by atomic mass is 10.1. The van der Waals surface area contributed by atoms with Gasteiger partial charge in [0.2, 0.25) is 10.0 Å². The average Bonchev–Trinajstić information content (AvgIpc) is 3.61. The van der Waals surface area contributed by atoms with E-state index >= 15 is 0 Å². The fourth-order valence-corrected chi connectivity index (χ4v) is 8.00. The fraction of sp³-hybridized carbons (Fsp3) is 0.324. The van der Waals surface area contributed by atoms with E-state index in [9.17, 15) is 18.3 Å². The van der Waals surface area contributed by atoms with Crippen LogP contribution < -0.4 is 18.5 Å². The van der Waals surface area contributed by atoms with Crippen molar-refractivity contribution in [3.8, 4) is 17.2 Å². The van der Waals surface area contributed by atoms with Gasteiger partial charge in [-0.15, -0.1) is 22.7 Å². The van der Waals surface area contributed by atoms with Crippen molar-refractivity contribution in [1.82, 2.24) is 4.90 Å². The minimum absolute atomic E-state index is 0.137. The minimum Gasteiger partial charge on any atom is -0.489 e. The highest BCUT2D eigenvalue weighted by Crippen LogP contribution is 2.41. The number of anilines is 1. The number of sulfonamides is 1. The molecule has 13 heteroatoms. The molecule has 10 nitrogen and oxygen atoms in total. The Kier molecular flexibility index (Phi) is 8.77. The van der Waals surface area contributed by atoms with E-state index in [1.807, 2.05) is 59.3 Å². The van der Waals surface area contributed by atoms with Gasteiger partial charge in [0.15, 0.2) is 0 Å². The number of fused-ring (bicyclic) bond motifs is 3. The Balaban J connectivity index is 1.43. The zero-order chi connectivity index (χ0) is 33.6. The highest BCUT2D eigenvalue weighted by atomic mass is 32.2. The van der Waals surface area contributed by atoms with Crippen LogP contribution in [0.3, 0.4) is 0 Å². The van der Waals surface area contributed by atoms with E-state index in [0.717, 1.165) is 26.4 Å². The van der Waals surface area contributed by atoms with Crippen LogP contribution in [-0.4, -0.2) is 62.0 Å². The molecule has 1 unspecified atom stereocenters. The van der Waals surface area contributed by atoms with Crippen molar-refractivity contribution in [3.05, 3.63) is 83.1 Å². The number of rotatable bonds is 9. The van der Waals surface area contributed by atoms with Gasteiger partial charge in [-0.2, -0.15) is 0 Å². The van der Waals surface area contributed by atoms with E-state index in [0.29, 0.717) is 28.5 Å². The van der Waals surface area contributed by atoms with Crippen molar-refractivity contribution in [2.45, 2.75) is 45.3 Å². The van der Waals surface area contributed by atoms with Gasteiger partial charge in [0.25, 0.3) is 0 Å². The van der Waals surface area contributed by atoms with E-state index in [2.05, 4.69) is 0 Å². The molecule has 0 spiro atoms. The van der Waals surface area contributed by atoms with E-state index < -0.39 is 33.7 Å². The first-order chi connectivity index (χ1) is 22.2. The van der Waals surface area contributed by atoms with Crippen LogP contribution in [0.1, 0.15) is 39.4 Å². The van der Waals surface area contributed by atoms with E-state index in [4.69, 9.17) is 18.9 Å². The number of nitrogens with zero attached hydrogens (tertiary/aromatic N) is 2. The van der Waals surface area contributed by atoms with Gasteiger partial charge in [0.1, 0.15) is 29.5 Å². The zero-order valence-corrected chi connectivity index (χ0v) is 29.1. The molecule has 5 aromatic rings. The predicted molar refractivity (Wildman–Crippen MR) is 185 cm³/mol. The summed E-state index contributed by atoms with van der Waals surface area (Å²) in [6, 6.07) is 20.3. The molecule has 0 fully saturated rings. The molecule has 6 rings (SSSR count). The summed E-state index contributed by atoms with van der Waals surface area (Å²) in [6.07, 6.45) is -0.962. The van der Waals surface area contributed by atoms with E-state index in [1.54, 1.807) is 45.9 Å². The third kappa shape index (κ3) is 6.98. The van der Waals surface area contributed by atoms with Crippen LogP contribution in [0.15, 0.2) is 77.5 Å². The van der Waals surface area contributed by atoms with Crippen LogP contribution in [0.5, 0.6) is 17.2 Å². The highest BCUT2D eigenvalue weighted by molar-refractivity contribution is 7.92. The number of carbonyl (C=O) groups excluding carboxylic acids is 1. The van der Waals surface area contributed by atoms with Gasteiger partial charge in [0.05, 0.1) is 31.1 Å². The van der Waals surface area contributed by atoms with Crippen LogP contribution in [-0.2, 0) is 14.8 Å². The van der Waals surface area contributed by atoms with Crippen LogP contribution in [0.25, 0.3) is 20.2 Å². The number of aliphatic hydroxyl groups excluding tert-OH is 1. The van der Waals surface area contributed by atoms with Crippen molar-refractivity contribution >= 4 is 64.6 Å². The first kappa shape index (κ1) is 32.9. The van der Waals surface area contributed by atoms with Crippen LogP contribution in [0, 0.1) is 0 Å². The van der Waals surface area contributed by atoms with Crippen molar-refractivity contribution in [1.29, 1.82) is 0 Å². The Morgan fingerprint density at radius 3 is 2.09 bits per heavy atom. The normalized spacial score (nSPS) is 14.4. The topological polar surface area (TPSA) is 115 Å². The number of amides is 1. The summed E-state index contributed by atoms with van der Waals surface area (Å²) in [5.41, 5.74) is -0.213. The molecule has 0 saturated heterocycles. The molecule has 47 heavy (non-hydrogen) atoms. The molecule has 1 N–H and O–H groups in total. The number of thiophene rings is 2. The van der Waals surface area contributed by atoms with Crippen molar-refractivity contribution in [3.63, 3.8) is 0 Å². The largest absolute Gasteiger partial charge is 0.489 e. The Morgan fingerprint density at radius 1 is 0.957 bits per heavy atom. The van der Waals surface area contributed by atoms with Gasteiger partial charge < -0.3 is 24.1 Å². The van der Waals surface area contributed by atoms with Gasteiger partial charge in [-0.1, -0.05) is 30.3 Å². The zero-order valence-electron chi connectivity index (χ0n) is 26.6. The molecule has 3 aromatic carbocycles. The first-order valence-corrected chi connectivity index (χ1v) is 18.6. The summed E-state index contributed by atoms with van der Waals surface area (Å²) in [5, 5.41) is 17.1. The highest BCUT2D eigenvalue weighted by Gasteiger charge is 2.45. The van der Waals surface area contributed by atoms with Crippen LogP contribution >= 0.6 is 22.7 Å². The molecule has 1 amide bonds. The SMILES string of the molecule is CC(C)(C)OC(=O)N(CC(O)c1ccc2c(c1)N(S(C)(=O)=O)CCO2)C(C)(Oc1csc2ccccc12)Oc1csc2ccccc12. The third-order valence-electron chi connectivity index (χ3n) is 7.54. The second-order valence-corrected chi connectivity index (χ2v) is 16.0. The molecule has 248 valence electrons. The minimum atomic E-state index is -3.61. The number of ether oxygens (including phenoxy) is 4. The van der Waals surface area contributed by atoms with Crippen LogP contribution in [0.4, 0.5) is 10.5 Å². The summed E-state index contributed by atoms with van der Waals surface area (Å²) < 4.78 is 53.2. The van der Waals surface area contributed by atoms with Gasteiger partial charge >= 0.3 is 12.0 Å². The maximum atomic E-state index is 14.1. The van der Waals surface area contributed by atoms with Gasteiger partial charge in [-0.3, -0.25) is 4.31 Å². The Morgan fingerprint density at radius 2 is 1.53 bits per heavy atom. The molecule has 0 radical (unpaired) electrons. The number of hydrogen-bond donors (Lipinski definition) is 1. The smallest absolute Gasteiger partial charge is 0.416 e. The summed E-state index contributed by atoms with van der Waals surface area (Å²) in [6.45, 7) is 6.89. The number of benzene rings is 3.